The van der Waals surface area contributed by atoms with E-state index in [2.05, 4.69) is 15.4 Å². The van der Waals surface area contributed by atoms with Crippen LogP contribution in [-0.2, 0) is 7.05 Å². The van der Waals surface area contributed by atoms with Crippen molar-refractivity contribution in [1.82, 2.24) is 14.9 Å². The molecule has 0 aliphatic heterocycles. The smallest absolute Gasteiger partial charge is 0.141 e. The number of rotatable bonds is 3. The van der Waals surface area contributed by atoms with Crippen molar-refractivity contribution in [2.45, 2.75) is 13.8 Å². The van der Waals surface area contributed by atoms with Gasteiger partial charge in [-0.25, -0.2) is 0 Å². The summed E-state index contributed by atoms with van der Waals surface area (Å²) in [6.45, 7) is 3.67. The monoisotopic (exact) mass is 312 g/mol. The molecule has 0 radical (unpaired) electrons. The minimum atomic E-state index is 0.181. The average molecular weight is 312 g/mol. The molecule has 0 aliphatic rings. The number of hydrogen-bond donors (Lipinski definition) is 2. The molecule has 7 heteroatoms. The predicted octanol–water partition coefficient (Wildman–Crippen LogP) is 2.87. The fraction of sp³-hybridized carbons (Fsp3) is 0.188. The Labute approximate surface area is 132 Å². The van der Waals surface area contributed by atoms with Gasteiger partial charge in [-0.2, -0.15) is 5.10 Å². The van der Waals surface area contributed by atoms with Crippen LogP contribution >= 0.6 is 0 Å². The normalized spacial score (nSPS) is 11.4. The number of aryl methyl sites for hydroxylation is 3. The first kappa shape index (κ1) is 14.8. The van der Waals surface area contributed by atoms with E-state index in [1.165, 1.54) is 6.21 Å². The van der Waals surface area contributed by atoms with Gasteiger partial charge in [-0.15, -0.1) is 0 Å². The number of phenolic OH excluding ortho intramolecular Hbond substituents is 1. The number of aromatic hydroxyl groups is 1. The van der Waals surface area contributed by atoms with Crippen molar-refractivity contribution in [2.24, 2.45) is 12.2 Å². The van der Waals surface area contributed by atoms with Crippen LogP contribution in [0.4, 0.5) is 0 Å². The molecule has 0 saturated carbocycles. The zero-order valence-electron chi connectivity index (χ0n) is 13.0. The lowest BCUT2D eigenvalue weighted by Crippen LogP contribution is -1.98. The van der Waals surface area contributed by atoms with Crippen LogP contribution in [-0.4, -0.2) is 31.5 Å². The molecule has 2 aromatic heterocycles. The second-order valence-electron chi connectivity index (χ2n) is 5.22. The summed E-state index contributed by atoms with van der Waals surface area (Å²) in [6.07, 6.45) is 1.33. The highest BCUT2D eigenvalue weighted by Crippen LogP contribution is 2.37. The third kappa shape index (κ3) is 2.46. The Hall–Kier alpha value is -3.09. The number of hydrogen-bond acceptors (Lipinski definition) is 6. The third-order valence-electron chi connectivity index (χ3n) is 3.70. The Morgan fingerprint density at radius 3 is 2.43 bits per heavy atom. The molecule has 0 unspecified atom stereocenters. The third-order valence-corrected chi connectivity index (χ3v) is 3.70. The highest BCUT2D eigenvalue weighted by Gasteiger charge is 2.24. The van der Waals surface area contributed by atoms with E-state index in [1.807, 2.05) is 13.8 Å². The molecular formula is C16H16N4O3. The van der Waals surface area contributed by atoms with Crippen LogP contribution in [0.25, 0.3) is 22.4 Å². The van der Waals surface area contributed by atoms with Gasteiger partial charge in [-0.3, -0.25) is 4.68 Å². The number of aromatic nitrogens is 3. The minimum Gasteiger partial charge on any atom is -0.508 e. The van der Waals surface area contributed by atoms with Gasteiger partial charge in [0.2, 0.25) is 0 Å². The quantitative estimate of drug-likeness (QED) is 0.440. The molecule has 23 heavy (non-hydrogen) atoms. The molecule has 7 nitrogen and oxygen atoms in total. The Morgan fingerprint density at radius 1 is 1.17 bits per heavy atom. The molecule has 0 amide bonds. The molecule has 0 fully saturated rings. The second kappa shape index (κ2) is 5.60. The number of phenols is 1. The first-order valence-electron chi connectivity index (χ1n) is 7.00. The highest BCUT2D eigenvalue weighted by molar-refractivity contribution is 5.96. The fourth-order valence-corrected chi connectivity index (χ4v) is 2.65. The molecule has 2 heterocycles. The molecule has 0 spiro atoms. The van der Waals surface area contributed by atoms with E-state index in [-0.39, 0.29) is 5.75 Å². The van der Waals surface area contributed by atoms with Crippen molar-refractivity contribution < 1.29 is 14.8 Å². The standard InChI is InChI=1S/C16H16N4O3/c1-9-14(10(2)23-19-9)15-13(8-17-22)20(3)18-16(15)11-4-6-12(21)7-5-11/h4-8,21-22H,1-3H3. The van der Waals surface area contributed by atoms with Gasteiger partial charge < -0.3 is 14.8 Å². The predicted molar refractivity (Wildman–Crippen MR) is 84.7 cm³/mol. The summed E-state index contributed by atoms with van der Waals surface area (Å²) in [6, 6.07) is 6.75. The van der Waals surface area contributed by atoms with Crippen LogP contribution in [0.3, 0.4) is 0 Å². The molecule has 0 aliphatic carbocycles. The maximum atomic E-state index is 9.48. The van der Waals surface area contributed by atoms with Crippen LogP contribution in [0, 0.1) is 13.8 Å². The van der Waals surface area contributed by atoms with Crippen LogP contribution < -0.4 is 0 Å². The number of oxime groups is 1. The maximum absolute atomic E-state index is 9.48. The van der Waals surface area contributed by atoms with E-state index in [1.54, 1.807) is 36.0 Å². The van der Waals surface area contributed by atoms with Crippen LogP contribution in [0.15, 0.2) is 33.9 Å². The fourth-order valence-electron chi connectivity index (χ4n) is 2.65. The molecule has 0 atom stereocenters. The van der Waals surface area contributed by atoms with Gasteiger partial charge in [-0.1, -0.05) is 10.3 Å². The zero-order chi connectivity index (χ0) is 16.6. The maximum Gasteiger partial charge on any atom is 0.141 e. The average Bonchev–Trinajstić information content (AvgIpc) is 3.01. The lowest BCUT2D eigenvalue weighted by Gasteiger charge is -2.04. The molecule has 0 bridgehead atoms. The summed E-state index contributed by atoms with van der Waals surface area (Å²) in [4.78, 5) is 0. The van der Waals surface area contributed by atoms with Crippen molar-refractivity contribution >= 4 is 6.21 Å². The van der Waals surface area contributed by atoms with Gasteiger partial charge in [0.15, 0.2) is 0 Å². The molecule has 118 valence electrons. The van der Waals surface area contributed by atoms with Gasteiger partial charge >= 0.3 is 0 Å². The Balaban J connectivity index is 2.33. The van der Waals surface area contributed by atoms with E-state index in [9.17, 15) is 5.11 Å². The summed E-state index contributed by atoms with van der Waals surface area (Å²) >= 11 is 0. The van der Waals surface area contributed by atoms with Crippen LogP contribution in [0.1, 0.15) is 17.1 Å². The summed E-state index contributed by atoms with van der Waals surface area (Å²) in [5.74, 6) is 0.837. The van der Waals surface area contributed by atoms with Gasteiger partial charge in [0.25, 0.3) is 0 Å². The van der Waals surface area contributed by atoms with E-state index >= 15 is 0 Å². The van der Waals surface area contributed by atoms with Gasteiger partial charge in [0, 0.05) is 18.2 Å². The second-order valence-corrected chi connectivity index (χ2v) is 5.22. The van der Waals surface area contributed by atoms with Crippen LogP contribution in [0.5, 0.6) is 5.75 Å². The minimum absolute atomic E-state index is 0.181. The first-order chi connectivity index (χ1) is 11.0. The lowest BCUT2D eigenvalue weighted by molar-refractivity contribution is 0.321. The van der Waals surface area contributed by atoms with Crippen molar-refractivity contribution in [3.8, 4) is 28.1 Å². The van der Waals surface area contributed by atoms with Gasteiger partial charge in [0.1, 0.15) is 17.2 Å². The first-order valence-corrected chi connectivity index (χ1v) is 7.00. The Kier molecular flexibility index (Phi) is 3.61. The molecule has 2 N–H and O–H groups in total. The Bertz CT molecular complexity index is 856. The summed E-state index contributed by atoms with van der Waals surface area (Å²) in [5, 5.41) is 30.1. The summed E-state index contributed by atoms with van der Waals surface area (Å²) in [5.41, 5.74) is 4.46. The van der Waals surface area contributed by atoms with Crippen molar-refractivity contribution in [3.05, 3.63) is 41.4 Å². The van der Waals surface area contributed by atoms with Crippen LogP contribution in [0.2, 0.25) is 0 Å². The number of nitrogens with zero attached hydrogens (tertiary/aromatic N) is 4. The molecule has 1 aromatic carbocycles. The Morgan fingerprint density at radius 2 is 1.87 bits per heavy atom. The molecule has 3 rings (SSSR count). The lowest BCUT2D eigenvalue weighted by atomic mass is 9.98. The van der Waals surface area contributed by atoms with Gasteiger partial charge in [-0.05, 0) is 38.1 Å². The summed E-state index contributed by atoms with van der Waals surface area (Å²) in [7, 11) is 1.77. The van der Waals surface area contributed by atoms with E-state index < -0.39 is 0 Å². The molecule has 3 aromatic rings. The van der Waals surface area contributed by atoms with Crippen molar-refractivity contribution in [3.63, 3.8) is 0 Å². The van der Waals surface area contributed by atoms with E-state index in [0.717, 1.165) is 22.4 Å². The van der Waals surface area contributed by atoms with Crippen molar-refractivity contribution in [1.29, 1.82) is 0 Å². The largest absolute Gasteiger partial charge is 0.508 e. The highest BCUT2D eigenvalue weighted by atomic mass is 16.5. The SMILES string of the molecule is Cc1noc(C)c1-c1c(-c2ccc(O)cc2)nn(C)c1C=NO. The van der Waals surface area contributed by atoms with Gasteiger partial charge in [0.05, 0.1) is 23.2 Å². The summed E-state index contributed by atoms with van der Waals surface area (Å²) < 4.78 is 6.90. The molecular weight excluding hydrogens is 296 g/mol. The topological polar surface area (TPSA) is 96.7 Å². The van der Waals surface area contributed by atoms with E-state index in [0.29, 0.717) is 17.1 Å². The zero-order valence-corrected chi connectivity index (χ0v) is 13.0. The van der Waals surface area contributed by atoms with Crippen molar-refractivity contribution in [2.75, 3.05) is 0 Å². The number of benzene rings is 1. The van der Waals surface area contributed by atoms with E-state index in [4.69, 9.17) is 9.73 Å². The molecule has 0 saturated heterocycles.